The quantitative estimate of drug-likeness (QED) is 0.639. The lowest BCUT2D eigenvalue weighted by molar-refractivity contribution is 0.0733. The zero-order chi connectivity index (χ0) is 21.0. The molecule has 0 N–H and O–H groups in total. The van der Waals surface area contributed by atoms with Crippen molar-refractivity contribution in [2.24, 2.45) is 0 Å². The summed E-state index contributed by atoms with van der Waals surface area (Å²) in [6.45, 7) is 2.50. The van der Waals surface area contributed by atoms with Crippen molar-refractivity contribution in [1.82, 2.24) is 14.5 Å². The van der Waals surface area contributed by atoms with Gasteiger partial charge in [-0.05, 0) is 56.4 Å². The summed E-state index contributed by atoms with van der Waals surface area (Å²) in [6.07, 6.45) is 7.53. The molecule has 1 saturated heterocycles. The standard InChI is InChI=1S/C23H21F2N3O2/c1-13-4-5-15-20(25)18(24)11-16-21(15)28(13)12-17(22(16)29)23(30)27-10-2-3-19(27)14-6-8-26-9-7-14/h6-9,11-13,19H,2-5,10H2,1H3/t13?,19-/m1/s1. The molecule has 2 aromatic heterocycles. The van der Waals surface area contributed by atoms with E-state index in [1.54, 1.807) is 28.1 Å². The van der Waals surface area contributed by atoms with Crippen molar-refractivity contribution in [2.45, 2.75) is 44.7 Å². The predicted octanol–water partition coefficient (Wildman–Crippen LogP) is 4.16. The van der Waals surface area contributed by atoms with Crippen LogP contribution in [-0.4, -0.2) is 26.9 Å². The largest absolute Gasteiger partial charge is 0.343 e. The fourth-order valence-corrected chi connectivity index (χ4v) is 4.86. The Morgan fingerprint density at radius 3 is 2.73 bits per heavy atom. The van der Waals surface area contributed by atoms with Gasteiger partial charge in [-0.2, -0.15) is 0 Å². The molecular weight excluding hydrogens is 388 g/mol. The number of amides is 1. The number of aromatic nitrogens is 2. The number of carbonyl (C=O) groups excluding carboxylic acids is 1. The van der Waals surface area contributed by atoms with E-state index in [0.29, 0.717) is 24.9 Å². The average Bonchev–Trinajstić information content (AvgIpc) is 3.25. The number of hydrogen-bond donors (Lipinski definition) is 0. The Hall–Kier alpha value is -3.09. The zero-order valence-electron chi connectivity index (χ0n) is 16.6. The van der Waals surface area contributed by atoms with Crippen LogP contribution in [0.4, 0.5) is 8.78 Å². The summed E-state index contributed by atoms with van der Waals surface area (Å²) in [5.41, 5.74) is 1.06. The number of nitrogens with zero attached hydrogens (tertiary/aromatic N) is 3. The average molecular weight is 409 g/mol. The maximum atomic E-state index is 14.4. The molecular formula is C23H21F2N3O2. The summed E-state index contributed by atoms with van der Waals surface area (Å²) in [5, 5.41) is 0.0703. The van der Waals surface area contributed by atoms with E-state index in [1.165, 1.54) is 0 Å². The number of benzene rings is 1. The highest BCUT2D eigenvalue weighted by molar-refractivity contribution is 5.98. The maximum Gasteiger partial charge on any atom is 0.259 e. The van der Waals surface area contributed by atoms with Crippen LogP contribution in [0.5, 0.6) is 0 Å². The second kappa shape index (κ2) is 7.00. The first-order valence-electron chi connectivity index (χ1n) is 10.2. The molecule has 0 saturated carbocycles. The zero-order valence-corrected chi connectivity index (χ0v) is 16.6. The third kappa shape index (κ3) is 2.75. The molecule has 1 amide bonds. The van der Waals surface area contributed by atoms with Crippen molar-refractivity contribution in [3.05, 3.63) is 75.3 Å². The number of hydrogen-bond acceptors (Lipinski definition) is 3. The first-order valence-corrected chi connectivity index (χ1v) is 10.2. The van der Waals surface area contributed by atoms with Gasteiger partial charge in [-0.15, -0.1) is 0 Å². The molecule has 0 aliphatic carbocycles. The van der Waals surface area contributed by atoms with Gasteiger partial charge in [0.1, 0.15) is 5.56 Å². The van der Waals surface area contributed by atoms with Crippen LogP contribution in [0.2, 0.25) is 0 Å². The van der Waals surface area contributed by atoms with Gasteiger partial charge in [0, 0.05) is 42.1 Å². The fourth-order valence-electron chi connectivity index (χ4n) is 4.86. The van der Waals surface area contributed by atoms with E-state index in [0.717, 1.165) is 24.5 Å². The minimum atomic E-state index is -1.05. The fraction of sp³-hybridized carbons (Fsp3) is 0.348. The molecule has 1 fully saturated rings. The van der Waals surface area contributed by atoms with Gasteiger partial charge >= 0.3 is 0 Å². The van der Waals surface area contributed by atoms with E-state index in [-0.39, 0.29) is 34.5 Å². The Balaban J connectivity index is 1.67. The molecule has 3 aromatic rings. The lowest BCUT2D eigenvalue weighted by Crippen LogP contribution is -2.35. The van der Waals surface area contributed by atoms with Gasteiger partial charge in [0.2, 0.25) is 5.43 Å². The maximum absolute atomic E-state index is 14.4. The van der Waals surface area contributed by atoms with E-state index in [2.05, 4.69) is 4.98 Å². The van der Waals surface area contributed by atoms with Crippen molar-refractivity contribution in [1.29, 1.82) is 0 Å². The Bertz CT molecular complexity index is 1220. The van der Waals surface area contributed by atoms with Gasteiger partial charge in [0.25, 0.3) is 5.91 Å². The highest BCUT2D eigenvalue weighted by atomic mass is 19.2. The summed E-state index contributed by atoms with van der Waals surface area (Å²) >= 11 is 0. The minimum absolute atomic E-state index is 0.00849. The lowest BCUT2D eigenvalue weighted by atomic mass is 9.95. The molecule has 4 heterocycles. The van der Waals surface area contributed by atoms with Crippen LogP contribution in [0, 0.1) is 11.6 Å². The van der Waals surface area contributed by atoms with Gasteiger partial charge in [0.05, 0.1) is 11.6 Å². The van der Waals surface area contributed by atoms with E-state index in [9.17, 15) is 18.4 Å². The molecule has 30 heavy (non-hydrogen) atoms. The topological polar surface area (TPSA) is 55.2 Å². The van der Waals surface area contributed by atoms with Crippen molar-refractivity contribution >= 4 is 16.8 Å². The van der Waals surface area contributed by atoms with E-state index in [4.69, 9.17) is 0 Å². The molecule has 2 aliphatic heterocycles. The summed E-state index contributed by atoms with van der Waals surface area (Å²) in [6, 6.07) is 4.53. The summed E-state index contributed by atoms with van der Waals surface area (Å²) in [4.78, 5) is 32.4. The first kappa shape index (κ1) is 18.9. The van der Waals surface area contributed by atoms with Crippen molar-refractivity contribution < 1.29 is 13.6 Å². The summed E-state index contributed by atoms with van der Waals surface area (Å²) in [7, 11) is 0. The number of likely N-dealkylation sites (tertiary alicyclic amines) is 1. The Kier molecular flexibility index (Phi) is 4.41. The van der Waals surface area contributed by atoms with Gasteiger partial charge in [-0.3, -0.25) is 14.6 Å². The molecule has 1 aromatic carbocycles. The summed E-state index contributed by atoms with van der Waals surface area (Å²) in [5.74, 6) is -2.32. The molecule has 5 nitrogen and oxygen atoms in total. The second-order valence-corrected chi connectivity index (χ2v) is 8.15. The van der Waals surface area contributed by atoms with Gasteiger partial charge in [0.15, 0.2) is 11.6 Å². The van der Waals surface area contributed by atoms with E-state index in [1.807, 2.05) is 19.1 Å². The Morgan fingerprint density at radius 2 is 1.97 bits per heavy atom. The van der Waals surface area contributed by atoms with Crippen LogP contribution < -0.4 is 5.43 Å². The number of halogens is 2. The highest BCUT2D eigenvalue weighted by Crippen LogP contribution is 2.35. The van der Waals surface area contributed by atoms with E-state index < -0.39 is 17.1 Å². The third-order valence-corrected chi connectivity index (χ3v) is 6.42. The Labute approximate surface area is 172 Å². The van der Waals surface area contributed by atoms with Crippen molar-refractivity contribution in [3.8, 4) is 0 Å². The highest BCUT2D eigenvalue weighted by Gasteiger charge is 2.33. The molecule has 1 unspecified atom stereocenters. The molecule has 2 atom stereocenters. The van der Waals surface area contributed by atoms with Crippen LogP contribution in [0.1, 0.15) is 59.8 Å². The van der Waals surface area contributed by atoms with Gasteiger partial charge in [-0.25, -0.2) is 8.78 Å². The van der Waals surface area contributed by atoms with Crippen LogP contribution >= 0.6 is 0 Å². The van der Waals surface area contributed by atoms with Gasteiger partial charge < -0.3 is 9.47 Å². The van der Waals surface area contributed by atoms with Gasteiger partial charge in [-0.1, -0.05) is 0 Å². The predicted molar refractivity (Wildman–Crippen MR) is 108 cm³/mol. The summed E-state index contributed by atoms with van der Waals surface area (Å²) < 4.78 is 30.4. The van der Waals surface area contributed by atoms with Crippen molar-refractivity contribution in [2.75, 3.05) is 6.54 Å². The molecule has 0 bridgehead atoms. The lowest BCUT2D eigenvalue weighted by Gasteiger charge is -2.29. The SMILES string of the molecule is CC1CCc2c(F)c(F)cc3c(=O)c(C(=O)N4CCC[C@@H]4c4ccncc4)cn1c23. The monoisotopic (exact) mass is 409 g/mol. The van der Waals surface area contributed by atoms with Crippen molar-refractivity contribution in [3.63, 3.8) is 0 Å². The molecule has 0 radical (unpaired) electrons. The van der Waals surface area contributed by atoms with Crippen LogP contribution in [0.3, 0.4) is 0 Å². The number of carbonyl (C=O) groups is 1. The van der Waals surface area contributed by atoms with Crippen LogP contribution in [-0.2, 0) is 6.42 Å². The number of rotatable bonds is 2. The van der Waals surface area contributed by atoms with Crippen LogP contribution in [0.25, 0.3) is 10.9 Å². The number of aryl methyl sites for hydroxylation is 1. The number of pyridine rings is 2. The molecule has 0 spiro atoms. The third-order valence-electron chi connectivity index (χ3n) is 6.42. The molecule has 2 aliphatic rings. The first-order chi connectivity index (χ1) is 14.5. The van der Waals surface area contributed by atoms with Crippen LogP contribution in [0.15, 0.2) is 41.6 Å². The normalized spacial score (nSPS) is 20.7. The molecule has 7 heteroatoms. The minimum Gasteiger partial charge on any atom is -0.343 e. The second-order valence-electron chi connectivity index (χ2n) is 8.15. The Morgan fingerprint density at radius 1 is 1.20 bits per heavy atom. The molecule has 5 rings (SSSR count). The molecule has 154 valence electrons. The smallest absolute Gasteiger partial charge is 0.259 e. The van der Waals surface area contributed by atoms with E-state index >= 15 is 0 Å².